The SMILES string of the molecule is C.CC(=O)C=C(C)O.CC1(C)c2ccccc2-c2ccc(N(c3ccc(-c4ccccc4)cc3)c3ccc(-c4ccc5c(c4)c4ccccc4n5-c4ccccc4)cc3)cc21.P.[HH].[Ir].[c-]1ccccc1-c1cc2ccccc2cn1.c1cc(-c2ccc3c4ccccc4c4ccccc4c3c2)cc(-c2cccc3c2Cc2ccccc2-3)c1.c1cnc2c([O][Al]([O]c3cccc4cccnc34)[O]c3cccc4cccnc34)cccc2c1. The Kier molecular flexibility index (Phi) is 29.7. The van der Waals surface area contributed by atoms with E-state index < -0.39 is 15.1 Å². The van der Waals surface area contributed by atoms with Crippen molar-refractivity contribution in [1.29, 1.82) is 0 Å². The van der Waals surface area contributed by atoms with E-state index in [0.29, 0.717) is 17.2 Å². The van der Waals surface area contributed by atoms with Crippen LogP contribution in [0.3, 0.4) is 0 Å². The van der Waals surface area contributed by atoms with Crippen molar-refractivity contribution in [3.63, 3.8) is 0 Å². The molecule has 729 valence electrons. The second-order valence-corrected chi connectivity index (χ2v) is 38.7. The summed E-state index contributed by atoms with van der Waals surface area (Å²) in [4.78, 5) is 30.4. The van der Waals surface area contributed by atoms with Crippen LogP contribution < -0.4 is 16.3 Å². The quantitative estimate of drug-likeness (QED) is 0.0250. The van der Waals surface area contributed by atoms with E-state index in [0.717, 1.165) is 67.4 Å². The number of fused-ring (bicyclic) bond motifs is 19. The summed E-state index contributed by atoms with van der Waals surface area (Å²) in [6, 6.07) is 171. The maximum Gasteiger partial charge on any atom is 1.20 e. The largest absolute Gasteiger partial charge is 1.20 e. The Morgan fingerprint density at radius 3 is 1.40 bits per heavy atom. The Bertz CT molecular complexity index is 9080. The molecule has 150 heavy (non-hydrogen) atoms. The number of hydrogen-bond donors (Lipinski definition) is 1. The Hall–Kier alpha value is -17.4. The zero-order valence-electron chi connectivity index (χ0n) is 82.5. The second-order valence-electron chi connectivity index (χ2n) is 37.4. The molecule has 1 radical (unpaired) electrons. The van der Waals surface area contributed by atoms with Crippen molar-refractivity contribution in [2.45, 2.75) is 47.0 Å². The van der Waals surface area contributed by atoms with E-state index in [-0.39, 0.29) is 55.8 Å². The van der Waals surface area contributed by atoms with Crippen LogP contribution >= 0.6 is 9.90 Å². The number of aliphatic hydroxyl groups is 1. The first-order chi connectivity index (χ1) is 72.3. The van der Waals surface area contributed by atoms with E-state index in [1.54, 1.807) is 18.6 Å². The maximum absolute atomic E-state index is 10.0. The summed E-state index contributed by atoms with van der Waals surface area (Å²) in [5.74, 6) is 1.76. The number of carbonyl (C=O) groups excluding carboxylic acids is 1. The first-order valence-corrected chi connectivity index (χ1v) is 51.0. The molecular formula is C136H107AlIrN6O5P-. The number of para-hydroxylation sites is 5. The minimum absolute atomic E-state index is 0. The molecular weight excluding hydrogens is 2050 g/mol. The van der Waals surface area contributed by atoms with Crippen LogP contribution in [0, 0.1) is 6.07 Å². The molecule has 5 heterocycles. The van der Waals surface area contributed by atoms with Gasteiger partial charge in [0.25, 0.3) is 0 Å². The van der Waals surface area contributed by atoms with Crippen molar-refractivity contribution in [3.05, 3.63) is 538 Å². The maximum atomic E-state index is 10.0. The summed E-state index contributed by atoms with van der Waals surface area (Å²) in [5.41, 5.74) is 32.2. The fourth-order valence-corrected chi connectivity index (χ4v) is 22.2. The second kappa shape index (κ2) is 44.5. The van der Waals surface area contributed by atoms with E-state index >= 15 is 0 Å². The number of hydrogen-bond acceptors (Lipinski definition) is 10. The number of nitrogens with zero attached hydrogens (tertiary/aromatic N) is 6. The van der Waals surface area contributed by atoms with Gasteiger partial charge in [0.05, 0.1) is 16.8 Å². The van der Waals surface area contributed by atoms with Crippen LogP contribution in [0.4, 0.5) is 17.1 Å². The average Bonchev–Trinajstić information content (AvgIpc) is 1.61. The van der Waals surface area contributed by atoms with Gasteiger partial charge in [0.15, 0.2) is 5.78 Å². The fourth-order valence-electron chi connectivity index (χ4n) is 20.9. The molecule has 0 bridgehead atoms. The van der Waals surface area contributed by atoms with Gasteiger partial charge in [-0.1, -0.05) is 355 Å². The van der Waals surface area contributed by atoms with Crippen molar-refractivity contribution in [2.75, 3.05) is 4.90 Å². The van der Waals surface area contributed by atoms with Crippen LogP contribution in [0.1, 0.15) is 58.8 Å². The molecule has 14 heteroatoms. The summed E-state index contributed by atoms with van der Waals surface area (Å²) in [7, 11) is 0. The molecule has 5 aromatic heterocycles. The topological polar surface area (TPSA) is 125 Å². The number of aliphatic hydroxyl groups excluding tert-OH is 1. The normalized spacial score (nSPS) is 11.7. The van der Waals surface area contributed by atoms with Gasteiger partial charge in [-0.3, -0.25) is 19.7 Å². The summed E-state index contributed by atoms with van der Waals surface area (Å²) < 4.78 is 21.6. The number of aromatic nitrogens is 5. The summed E-state index contributed by atoms with van der Waals surface area (Å²) in [5, 5.41) is 24.1. The molecule has 0 saturated carbocycles. The third-order valence-corrected chi connectivity index (χ3v) is 29.1. The minimum atomic E-state index is -2.86. The van der Waals surface area contributed by atoms with Gasteiger partial charge in [-0.2, -0.15) is 9.90 Å². The number of pyridine rings is 4. The standard InChI is InChI=1S/C51H38N2.C37H24.C15H10N.3C9H7NO.C5H8O2.CH4.Al.Ir.H3P.H2/c1-51(2)47-19-11-9-17-43(47)44-31-30-42(34-48(44)51)52(40-26-21-36(22-27-40)35-13-5-3-6-14-35)41-28-23-37(24-29-41)38-25-32-50-46(33-38)45-18-10-12-20-49(45)53(50)39-15-7-4-8-16-39;1-2-12-28-27(9-1)23-36-29(17-8-18-30(28)36)26-11-7-10-24(21-26)25-19-20-35-33-15-4-3-13-31(33)32-14-5-6-16-34(32)37(35)22-25;1-2-6-12(7-3-1)15-10-13-8-4-5-9-14(13)11-16-15;3*11-8-5-1-3-7-4-2-6-10-9(7)8;1-4(6)3-5(2)7;;;;;/h3-34H,1-2H3;1-22H,23H2;1-6,8-11H;3*1-6,11H;3,6H,1-2H3;1H4;;;1H3;1H/q;;-1;;;;;;+3;;;/p-3. The van der Waals surface area contributed by atoms with Gasteiger partial charge < -0.3 is 30.9 Å². The van der Waals surface area contributed by atoms with Gasteiger partial charge in [-0.05, 0) is 273 Å². The van der Waals surface area contributed by atoms with Crippen molar-refractivity contribution >= 4 is 145 Å². The van der Waals surface area contributed by atoms with Crippen LogP contribution in [0.2, 0.25) is 0 Å². The molecule has 1 N–H and O–H groups in total. The fraction of sp³-hybridized carbons (Fsp3) is 0.0515. The van der Waals surface area contributed by atoms with Crippen molar-refractivity contribution < 1.29 is 42.8 Å². The Morgan fingerprint density at radius 2 is 0.793 bits per heavy atom. The molecule has 0 saturated heterocycles. The Morgan fingerprint density at radius 1 is 0.360 bits per heavy atom. The molecule has 0 fully saturated rings. The molecule has 25 aromatic rings. The third-order valence-electron chi connectivity index (χ3n) is 27.8. The van der Waals surface area contributed by atoms with Gasteiger partial charge in [-0.25, -0.2) is 0 Å². The molecule has 1 unspecified atom stereocenters. The first kappa shape index (κ1) is 100.0. The van der Waals surface area contributed by atoms with Gasteiger partial charge in [-0.15, -0.1) is 35.9 Å². The molecule has 2 aliphatic carbocycles. The van der Waals surface area contributed by atoms with E-state index in [1.807, 2.05) is 134 Å². The van der Waals surface area contributed by atoms with Gasteiger partial charge >= 0.3 is 15.1 Å². The molecule has 11 nitrogen and oxygen atoms in total. The van der Waals surface area contributed by atoms with E-state index in [2.05, 4.69) is 395 Å². The number of anilines is 3. The monoisotopic (exact) mass is 2150 g/mol. The van der Waals surface area contributed by atoms with E-state index in [9.17, 15) is 4.79 Å². The summed E-state index contributed by atoms with van der Waals surface area (Å²) in [6.45, 7) is 7.55. The average molecular weight is 2160 g/mol. The van der Waals surface area contributed by atoms with Crippen LogP contribution in [0.5, 0.6) is 17.2 Å². The number of rotatable bonds is 16. The zero-order chi connectivity index (χ0) is 99.3. The predicted molar refractivity (Wildman–Crippen MR) is 628 cm³/mol. The Balaban J connectivity index is 0.000000129. The zero-order valence-corrected chi connectivity index (χ0v) is 87.5. The molecule has 0 amide bonds. The van der Waals surface area contributed by atoms with Crippen LogP contribution in [0.25, 0.3) is 181 Å². The van der Waals surface area contributed by atoms with Crippen LogP contribution in [-0.4, -0.2) is 50.5 Å². The molecule has 20 aromatic carbocycles. The van der Waals surface area contributed by atoms with Crippen LogP contribution in [0.15, 0.2) is 510 Å². The minimum Gasteiger partial charge on any atom is -0.576 e. The molecule has 2 aliphatic rings. The molecule has 1 atom stereocenters. The number of allylic oxidation sites excluding steroid dienone is 2. The van der Waals surface area contributed by atoms with Gasteiger partial charge in [0.2, 0.25) is 0 Å². The molecule has 27 rings (SSSR count). The Labute approximate surface area is 896 Å². The van der Waals surface area contributed by atoms with Crippen LogP contribution in [-0.2, 0) is 36.7 Å². The summed E-state index contributed by atoms with van der Waals surface area (Å²) >= 11 is -2.86. The van der Waals surface area contributed by atoms with Gasteiger partial charge in [0, 0.05) is 107 Å². The van der Waals surface area contributed by atoms with Gasteiger partial charge in [0.1, 0.15) is 33.8 Å². The molecule has 0 aliphatic heterocycles. The van der Waals surface area contributed by atoms with Crippen molar-refractivity contribution in [3.8, 4) is 101 Å². The number of ketones is 1. The number of carbonyl (C=O) groups is 1. The number of benzene rings is 20. The van der Waals surface area contributed by atoms with E-state index in [1.165, 1.54) is 180 Å². The van der Waals surface area contributed by atoms with Crippen molar-refractivity contribution in [2.24, 2.45) is 0 Å². The first-order valence-electron chi connectivity index (χ1n) is 49.5. The van der Waals surface area contributed by atoms with E-state index in [4.69, 9.17) is 16.5 Å². The summed E-state index contributed by atoms with van der Waals surface area (Å²) in [6.07, 6.45) is 9.32. The van der Waals surface area contributed by atoms with Crippen molar-refractivity contribution in [1.82, 2.24) is 24.5 Å². The third kappa shape index (κ3) is 20.5. The smallest absolute Gasteiger partial charge is 0.576 e. The molecule has 0 spiro atoms. The predicted octanol–water partition coefficient (Wildman–Crippen LogP) is 35.5.